The molecule has 16 heavy (non-hydrogen) atoms. The number of hydrogen-bond donors (Lipinski definition) is 0. The Morgan fingerprint density at radius 1 is 1.56 bits per heavy atom. The molecule has 0 aliphatic carbocycles. The van der Waals surface area contributed by atoms with E-state index in [1.54, 1.807) is 6.08 Å². The van der Waals surface area contributed by atoms with Gasteiger partial charge < -0.3 is 14.2 Å². The first-order valence-corrected chi connectivity index (χ1v) is 5.70. The lowest BCUT2D eigenvalue weighted by Crippen LogP contribution is -2.10. The van der Waals surface area contributed by atoms with Crippen molar-refractivity contribution in [2.24, 2.45) is 5.92 Å². The smallest absolute Gasteiger partial charge is 0.333 e. The van der Waals surface area contributed by atoms with Crippen LogP contribution in [0.15, 0.2) is 11.6 Å². The van der Waals surface area contributed by atoms with Gasteiger partial charge >= 0.3 is 5.97 Å². The zero-order valence-corrected chi connectivity index (χ0v) is 10.0. The van der Waals surface area contributed by atoms with E-state index in [-0.39, 0.29) is 5.97 Å². The Morgan fingerprint density at radius 2 is 2.38 bits per heavy atom. The van der Waals surface area contributed by atoms with E-state index < -0.39 is 0 Å². The van der Waals surface area contributed by atoms with Crippen molar-refractivity contribution < 1.29 is 19.0 Å². The monoisotopic (exact) mass is 228 g/mol. The van der Waals surface area contributed by atoms with Crippen molar-refractivity contribution in [1.29, 1.82) is 0 Å². The molecule has 0 aromatic heterocycles. The van der Waals surface area contributed by atoms with Crippen molar-refractivity contribution in [2.45, 2.75) is 19.8 Å². The van der Waals surface area contributed by atoms with Crippen LogP contribution < -0.4 is 0 Å². The summed E-state index contributed by atoms with van der Waals surface area (Å²) in [5.41, 5.74) is 0.671. The van der Waals surface area contributed by atoms with E-state index >= 15 is 0 Å². The summed E-state index contributed by atoms with van der Waals surface area (Å²) in [6.07, 6.45) is 3.53. The van der Waals surface area contributed by atoms with Crippen LogP contribution in [0.5, 0.6) is 0 Å². The number of rotatable bonds is 6. The van der Waals surface area contributed by atoms with E-state index in [9.17, 15) is 4.79 Å². The molecule has 1 heterocycles. The van der Waals surface area contributed by atoms with Crippen LogP contribution in [0.1, 0.15) is 19.8 Å². The van der Waals surface area contributed by atoms with Crippen LogP contribution in [0.4, 0.5) is 0 Å². The van der Waals surface area contributed by atoms with E-state index in [4.69, 9.17) is 9.47 Å². The standard InChI is InChI=1S/C12H20O4/c1-3-11(12(13)14-2)5-7-16-9-10-4-6-15-8-10/h5,10H,3-4,6-9H2,1-2H3. The van der Waals surface area contributed by atoms with Crippen molar-refractivity contribution in [2.75, 3.05) is 33.5 Å². The van der Waals surface area contributed by atoms with E-state index in [1.807, 2.05) is 6.92 Å². The van der Waals surface area contributed by atoms with Gasteiger partial charge in [-0.1, -0.05) is 6.92 Å². The predicted molar refractivity (Wildman–Crippen MR) is 60.1 cm³/mol. The summed E-state index contributed by atoms with van der Waals surface area (Å²) >= 11 is 0. The van der Waals surface area contributed by atoms with Crippen molar-refractivity contribution >= 4 is 5.97 Å². The highest BCUT2D eigenvalue weighted by Gasteiger charge is 2.15. The molecule has 0 N–H and O–H groups in total. The molecule has 1 unspecified atom stereocenters. The molecule has 4 heteroatoms. The fourth-order valence-corrected chi connectivity index (χ4v) is 1.61. The molecule has 1 fully saturated rings. The Morgan fingerprint density at radius 3 is 2.94 bits per heavy atom. The molecule has 0 aromatic rings. The molecule has 0 saturated carbocycles. The minimum absolute atomic E-state index is 0.268. The molecule has 1 atom stereocenters. The quantitative estimate of drug-likeness (QED) is 0.393. The molecule has 1 aliphatic rings. The van der Waals surface area contributed by atoms with Gasteiger partial charge in [0.1, 0.15) is 0 Å². The third-order valence-electron chi connectivity index (χ3n) is 2.65. The van der Waals surface area contributed by atoms with Gasteiger partial charge in [-0.25, -0.2) is 4.79 Å². The van der Waals surface area contributed by atoms with Crippen LogP contribution in [0.25, 0.3) is 0 Å². The van der Waals surface area contributed by atoms with E-state index in [0.29, 0.717) is 31.1 Å². The minimum Gasteiger partial charge on any atom is -0.466 e. The van der Waals surface area contributed by atoms with Gasteiger partial charge in [0.15, 0.2) is 0 Å². The average Bonchev–Trinajstić information content (AvgIpc) is 2.81. The van der Waals surface area contributed by atoms with Crippen molar-refractivity contribution in [1.82, 2.24) is 0 Å². The second-order valence-corrected chi connectivity index (χ2v) is 3.84. The molecule has 1 saturated heterocycles. The third kappa shape index (κ3) is 4.33. The first-order chi connectivity index (χ1) is 7.77. The largest absolute Gasteiger partial charge is 0.466 e. The summed E-state index contributed by atoms with van der Waals surface area (Å²) < 4.78 is 15.4. The topological polar surface area (TPSA) is 44.8 Å². The lowest BCUT2D eigenvalue weighted by atomic mass is 10.1. The van der Waals surface area contributed by atoms with Gasteiger partial charge in [-0.2, -0.15) is 0 Å². The molecule has 0 amide bonds. The van der Waals surface area contributed by atoms with E-state index in [1.165, 1.54) is 7.11 Å². The number of hydrogen-bond acceptors (Lipinski definition) is 4. The normalized spacial score (nSPS) is 21.1. The zero-order valence-electron chi connectivity index (χ0n) is 10.0. The van der Waals surface area contributed by atoms with Gasteiger partial charge in [0.25, 0.3) is 0 Å². The summed E-state index contributed by atoms with van der Waals surface area (Å²) in [5.74, 6) is 0.243. The van der Waals surface area contributed by atoms with Crippen LogP contribution in [-0.4, -0.2) is 39.5 Å². The number of methoxy groups -OCH3 is 1. The first-order valence-electron chi connectivity index (χ1n) is 5.70. The highest BCUT2D eigenvalue weighted by Crippen LogP contribution is 2.12. The molecule has 4 nitrogen and oxygen atoms in total. The first kappa shape index (κ1) is 13.2. The molecule has 92 valence electrons. The number of ether oxygens (including phenoxy) is 3. The van der Waals surface area contributed by atoms with E-state index in [2.05, 4.69) is 4.74 Å². The Labute approximate surface area is 96.6 Å². The maximum atomic E-state index is 11.2. The summed E-state index contributed by atoms with van der Waals surface area (Å²) in [6, 6.07) is 0. The Bertz CT molecular complexity index is 241. The Balaban J connectivity index is 2.20. The lowest BCUT2D eigenvalue weighted by Gasteiger charge is -2.07. The third-order valence-corrected chi connectivity index (χ3v) is 2.65. The van der Waals surface area contributed by atoms with E-state index in [0.717, 1.165) is 19.6 Å². The average molecular weight is 228 g/mol. The van der Waals surface area contributed by atoms with Crippen LogP contribution in [0, 0.1) is 5.92 Å². The SMILES string of the molecule is CCC(=CCOCC1CCOC1)C(=O)OC. The van der Waals surface area contributed by atoms with Gasteiger partial charge in [0.05, 0.1) is 26.9 Å². The van der Waals surface area contributed by atoms with Crippen LogP contribution in [0.2, 0.25) is 0 Å². The second kappa shape index (κ2) is 7.41. The predicted octanol–water partition coefficient (Wildman–Crippen LogP) is 1.55. The van der Waals surface area contributed by atoms with Gasteiger partial charge in [-0.15, -0.1) is 0 Å². The minimum atomic E-state index is -0.268. The molecule has 0 radical (unpaired) electrons. The number of carbonyl (C=O) groups is 1. The highest BCUT2D eigenvalue weighted by molar-refractivity contribution is 5.88. The Hall–Kier alpha value is -0.870. The molecular formula is C12H20O4. The fourth-order valence-electron chi connectivity index (χ4n) is 1.61. The fraction of sp³-hybridized carbons (Fsp3) is 0.750. The summed E-state index contributed by atoms with van der Waals surface area (Å²) in [7, 11) is 1.39. The highest BCUT2D eigenvalue weighted by atomic mass is 16.5. The van der Waals surface area contributed by atoms with Crippen molar-refractivity contribution in [3.05, 3.63) is 11.6 Å². The molecule has 0 bridgehead atoms. The summed E-state index contributed by atoms with van der Waals surface area (Å²) in [6.45, 7) is 4.73. The molecular weight excluding hydrogens is 208 g/mol. The summed E-state index contributed by atoms with van der Waals surface area (Å²) in [5, 5.41) is 0. The van der Waals surface area contributed by atoms with Crippen molar-refractivity contribution in [3.8, 4) is 0 Å². The summed E-state index contributed by atoms with van der Waals surface area (Å²) in [4.78, 5) is 11.2. The van der Waals surface area contributed by atoms with Gasteiger partial charge in [0.2, 0.25) is 0 Å². The van der Waals surface area contributed by atoms with Crippen LogP contribution in [-0.2, 0) is 19.0 Å². The van der Waals surface area contributed by atoms with Crippen LogP contribution in [0.3, 0.4) is 0 Å². The molecule has 1 aliphatic heterocycles. The molecule has 1 rings (SSSR count). The maximum absolute atomic E-state index is 11.2. The zero-order chi connectivity index (χ0) is 11.8. The molecule has 0 spiro atoms. The lowest BCUT2D eigenvalue weighted by molar-refractivity contribution is -0.136. The van der Waals surface area contributed by atoms with Crippen LogP contribution >= 0.6 is 0 Å². The maximum Gasteiger partial charge on any atom is 0.333 e. The Kier molecular flexibility index (Phi) is 6.11. The van der Waals surface area contributed by atoms with Gasteiger partial charge in [-0.05, 0) is 18.9 Å². The van der Waals surface area contributed by atoms with Gasteiger partial charge in [0, 0.05) is 18.1 Å². The second-order valence-electron chi connectivity index (χ2n) is 3.84. The van der Waals surface area contributed by atoms with Gasteiger partial charge in [-0.3, -0.25) is 0 Å². The van der Waals surface area contributed by atoms with Crippen molar-refractivity contribution in [3.63, 3.8) is 0 Å². The number of carbonyl (C=O) groups excluding carboxylic acids is 1. The number of esters is 1. The molecule has 0 aromatic carbocycles.